The van der Waals surface area contributed by atoms with Gasteiger partial charge in [-0.05, 0) is 25.0 Å². The largest absolute Gasteiger partial charge is 0.494 e. The molecule has 1 aromatic heterocycles. The number of fused-ring (bicyclic) bond motifs is 1. The average Bonchev–Trinajstić information content (AvgIpc) is 3.15. The molecule has 2 aliphatic heterocycles. The lowest BCUT2D eigenvalue weighted by molar-refractivity contribution is -0.0542. The van der Waals surface area contributed by atoms with E-state index >= 15 is 0 Å². The van der Waals surface area contributed by atoms with Gasteiger partial charge in [0, 0.05) is 37.0 Å². The summed E-state index contributed by atoms with van der Waals surface area (Å²) in [5.74, 6) is 0.813. The zero-order chi connectivity index (χ0) is 15.6. The number of rotatable bonds is 3. The van der Waals surface area contributed by atoms with Crippen molar-refractivity contribution in [3.8, 4) is 5.75 Å². The molecule has 0 spiro atoms. The molecule has 122 valence electrons. The Morgan fingerprint density at radius 2 is 2.09 bits per heavy atom. The van der Waals surface area contributed by atoms with Crippen molar-refractivity contribution in [1.82, 2.24) is 4.98 Å². The number of methoxy groups -OCH3 is 1. The van der Waals surface area contributed by atoms with Gasteiger partial charge in [-0.3, -0.25) is 4.98 Å². The van der Waals surface area contributed by atoms with Gasteiger partial charge in [-0.25, -0.2) is 0 Å². The molecule has 0 aliphatic carbocycles. The molecule has 2 atom stereocenters. The Morgan fingerprint density at radius 1 is 1.17 bits per heavy atom. The number of ether oxygens (including phenoxy) is 3. The minimum Gasteiger partial charge on any atom is -0.494 e. The van der Waals surface area contributed by atoms with Gasteiger partial charge in [0.05, 0.1) is 19.8 Å². The van der Waals surface area contributed by atoms with Crippen LogP contribution in [0, 0.1) is 0 Å². The molecule has 1 aromatic carbocycles. The van der Waals surface area contributed by atoms with Crippen molar-refractivity contribution in [2.75, 3.05) is 38.3 Å². The average molecular weight is 314 g/mol. The Hall–Kier alpha value is -1.85. The number of pyridine rings is 1. The van der Waals surface area contributed by atoms with Gasteiger partial charge in [-0.2, -0.15) is 0 Å². The molecule has 2 aliphatic rings. The van der Waals surface area contributed by atoms with Gasteiger partial charge < -0.3 is 19.1 Å². The summed E-state index contributed by atoms with van der Waals surface area (Å²) in [7, 11) is 1.69. The van der Waals surface area contributed by atoms with Crippen LogP contribution in [-0.2, 0) is 9.47 Å². The monoisotopic (exact) mass is 314 g/mol. The summed E-state index contributed by atoms with van der Waals surface area (Å²) in [5, 5.41) is 1.12. The lowest BCUT2D eigenvalue weighted by Crippen LogP contribution is -2.47. The standard InChI is InChI=1S/C18H22N2O3/c1-21-16-5-2-4-13-14(7-8-19-18(13)16)20-9-11-23-17(12-20)15-6-3-10-22-15/h2,4-5,7-8,15,17H,3,6,9-12H2,1H3. The first-order valence-corrected chi connectivity index (χ1v) is 8.26. The van der Waals surface area contributed by atoms with Crippen LogP contribution < -0.4 is 9.64 Å². The summed E-state index contributed by atoms with van der Waals surface area (Å²) in [6.07, 6.45) is 4.49. The molecule has 2 fully saturated rings. The molecule has 0 N–H and O–H groups in total. The van der Waals surface area contributed by atoms with Crippen molar-refractivity contribution < 1.29 is 14.2 Å². The first kappa shape index (κ1) is 14.7. The van der Waals surface area contributed by atoms with Crippen molar-refractivity contribution >= 4 is 16.6 Å². The van der Waals surface area contributed by atoms with Crippen molar-refractivity contribution in [2.24, 2.45) is 0 Å². The molecule has 0 radical (unpaired) electrons. The quantitative estimate of drug-likeness (QED) is 0.871. The second-order valence-electron chi connectivity index (χ2n) is 6.09. The second-order valence-corrected chi connectivity index (χ2v) is 6.09. The third-order valence-electron chi connectivity index (χ3n) is 4.74. The van der Waals surface area contributed by atoms with Crippen LogP contribution >= 0.6 is 0 Å². The summed E-state index contributed by atoms with van der Waals surface area (Å²) in [5.41, 5.74) is 2.10. The highest BCUT2D eigenvalue weighted by Gasteiger charge is 2.31. The first-order valence-electron chi connectivity index (χ1n) is 8.26. The molecular formula is C18H22N2O3. The van der Waals surface area contributed by atoms with E-state index in [-0.39, 0.29) is 12.2 Å². The molecule has 23 heavy (non-hydrogen) atoms. The van der Waals surface area contributed by atoms with Gasteiger partial charge in [0.2, 0.25) is 0 Å². The van der Waals surface area contributed by atoms with E-state index < -0.39 is 0 Å². The number of anilines is 1. The topological polar surface area (TPSA) is 43.8 Å². The molecule has 0 amide bonds. The van der Waals surface area contributed by atoms with Gasteiger partial charge in [-0.1, -0.05) is 12.1 Å². The molecule has 3 heterocycles. The van der Waals surface area contributed by atoms with E-state index in [9.17, 15) is 0 Å². The van der Waals surface area contributed by atoms with Crippen LogP contribution in [0.3, 0.4) is 0 Å². The maximum atomic E-state index is 5.96. The van der Waals surface area contributed by atoms with Crippen LogP contribution in [0.4, 0.5) is 5.69 Å². The van der Waals surface area contributed by atoms with E-state index in [0.717, 1.165) is 55.8 Å². The van der Waals surface area contributed by atoms with Crippen molar-refractivity contribution in [2.45, 2.75) is 25.0 Å². The second kappa shape index (κ2) is 6.34. The van der Waals surface area contributed by atoms with E-state index in [0.29, 0.717) is 0 Å². The predicted molar refractivity (Wildman–Crippen MR) is 89.2 cm³/mol. The smallest absolute Gasteiger partial charge is 0.145 e. The van der Waals surface area contributed by atoms with E-state index in [2.05, 4.69) is 22.0 Å². The summed E-state index contributed by atoms with van der Waals surface area (Å²) < 4.78 is 17.2. The van der Waals surface area contributed by atoms with Crippen LogP contribution in [0.2, 0.25) is 0 Å². The van der Waals surface area contributed by atoms with Gasteiger partial charge >= 0.3 is 0 Å². The van der Waals surface area contributed by atoms with Crippen LogP contribution in [0.15, 0.2) is 30.5 Å². The van der Waals surface area contributed by atoms with E-state index in [1.807, 2.05) is 18.3 Å². The Bertz CT molecular complexity index is 685. The van der Waals surface area contributed by atoms with Crippen molar-refractivity contribution in [3.63, 3.8) is 0 Å². The third-order valence-corrected chi connectivity index (χ3v) is 4.74. The van der Waals surface area contributed by atoms with E-state index in [4.69, 9.17) is 14.2 Å². The number of morpholine rings is 1. The highest BCUT2D eigenvalue weighted by atomic mass is 16.5. The molecular weight excluding hydrogens is 292 g/mol. The number of aromatic nitrogens is 1. The van der Waals surface area contributed by atoms with Gasteiger partial charge in [-0.15, -0.1) is 0 Å². The number of para-hydroxylation sites is 1. The maximum Gasteiger partial charge on any atom is 0.145 e. The Labute approximate surface area is 136 Å². The summed E-state index contributed by atoms with van der Waals surface area (Å²) in [6.45, 7) is 3.35. The molecule has 0 saturated carbocycles. The Morgan fingerprint density at radius 3 is 2.91 bits per heavy atom. The maximum absolute atomic E-state index is 5.96. The summed E-state index contributed by atoms with van der Waals surface area (Å²) >= 11 is 0. The number of benzene rings is 1. The van der Waals surface area contributed by atoms with Crippen LogP contribution in [0.25, 0.3) is 10.9 Å². The van der Waals surface area contributed by atoms with Gasteiger partial charge in [0.1, 0.15) is 17.4 Å². The lowest BCUT2D eigenvalue weighted by atomic mass is 10.1. The summed E-state index contributed by atoms with van der Waals surface area (Å²) in [4.78, 5) is 6.88. The highest BCUT2D eigenvalue weighted by Crippen LogP contribution is 2.32. The fraction of sp³-hybridized carbons (Fsp3) is 0.500. The molecule has 5 heteroatoms. The van der Waals surface area contributed by atoms with Crippen LogP contribution in [0.5, 0.6) is 5.75 Å². The van der Waals surface area contributed by atoms with Crippen LogP contribution in [0.1, 0.15) is 12.8 Å². The molecule has 0 bridgehead atoms. The van der Waals surface area contributed by atoms with Crippen molar-refractivity contribution in [3.05, 3.63) is 30.5 Å². The van der Waals surface area contributed by atoms with Gasteiger partial charge in [0.25, 0.3) is 0 Å². The SMILES string of the molecule is COc1cccc2c(N3CCOC(C4CCCO4)C3)ccnc12. The molecule has 2 aromatic rings. The molecule has 5 nitrogen and oxygen atoms in total. The first-order chi connectivity index (χ1) is 11.4. The highest BCUT2D eigenvalue weighted by molar-refractivity contribution is 5.95. The van der Waals surface area contributed by atoms with E-state index in [1.54, 1.807) is 7.11 Å². The summed E-state index contributed by atoms with van der Waals surface area (Å²) in [6, 6.07) is 8.16. The fourth-order valence-electron chi connectivity index (χ4n) is 3.59. The third kappa shape index (κ3) is 2.75. The zero-order valence-corrected chi connectivity index (χ0v) is 13.4. The normalized spacial score (nSPS) is 25.0. The molecule has 2 saturated heterocycles. The fourth-order valence-corrected chi connectivity index (χ4v) is 3.59. The molecule has 2 unspecified atom stereocenters. The van der Waals surface area contributed by atoms with E-state index in [1.165, 1.54) is 5.69 Å². The minimum atomic E-state index is 0.153. The Balaban J connectivity index is 1.65. The zero-order valence-electron chi connectivity index (χ0n) is 13.4. The Kier molecular flexibility index (Phi) is 4.06. The van der Waals surface area contributed by atoms with Crippen LogP contribution in [-0.4, -0.2) is 50.6 Å². The van der Waals surface area contributed by atoms with Crippen molar-refractivity contribution in [1.29, 1.82) is 0 Å². The number of hydrogen-bond donors (Lipinski definition) is 0. The number of nitrogens with zero attached hydrogens (tertiary/aromatic N) is 2. The lowest BCUT2D eigenvalue weighted by Gasteiger charge is -2.37. The predicted octanol–water partition coefficient (Wildman–Crippen LogP) is 2.63. The minimum absolute atomic E-state index is 0.153. The number of hydrogen-bond acceptors (Lipinski definition) is 5. The molecule has 4 rings (SSSR count). The van der Waals surface area contributed by atoms with Gasteiger partial charge in [0.15, 0.2) is 0 Å².